The number of H-pyrrole nitrogens is 1. The third kappa shape index (κ3) is 4.42. The largest absolute Gasteiger partial charge is 0.376 e. The van der Waals surface area contributed by atoms with E-state index in [1.54, 1.807) is 0 Å². The Balaban J connectivity index is 1.56. The van der Waals surface area contributed by atoms with Gasteiger partial charge >= 0.3 is 0 Å². The van der Waals surface area contributed by atoms with Crippen LogP contribution in [-0.2, 0) is 11.3 Å². The van der Waals surface area contributed by atoms with E-state index in [1.807, 2.05) is 24.3 Å². The molecule has 2 aromatic rings. The van der Waals surface area contributed by atoms with Crippen LogP contribution < -0.4 is 0 Å². The zero-order chi connectivity index (χ0) is 16.6. The van der Waals surface area contributed by atoms with E-state index in [0.29, 0.717) is 23.9 Å². The molecule has 0 bridgehead atoms. The van der Waals surface area contributed by atoms with Crippen molar-refractivity contribution in [1.82, 2.24) is 15.4 Å². The number of ether oxygens (including phenoxy) is 1. The Morgan fingerprint density at radius 1 is 1.17 bits per heavy atom. The minimum absolute atomic E-state index is 0.391. The van der Waals surface area contributed by atoms with Crippen molar-refractivity contribution in [2.24, 2.45) is 5.92 Å². The molecule has 5 heteroatoms. The summed E-state index contributed by atoms with van der Waals surface area (Å²) in [5.41, 5.74) is 2.99. The first kappa shape index (κ1) is 16.7. The van der Waals surface area contributed by atoms with Gasteiger partial charge in [0, 0.05) is 12.2 Å². The minimum Gasteiger partial charge on any atom is -0.376 e. The molecule has 0 unspecified atom stereocenters. The van der Waals surface area contributed by atoms with Gasteiger partial charge in [0.2, 0.25) is 0 Å². The summed E-state index contributed by atoms with van der Waals surface area (Å²) in [5.74, 6) is 0.703. The van der Waals surface area contributed by atoms with Crippen LogP contribution in [0.3, 0.4) is 0 Å². The molecule has 0 amide bonds. The summed E-state index contributed by atoms with van der Waals surface area (Å²) in [5, 5.41) is 19.4. The van der Waals surface area contributed by atoms with Crippen molar-refractivity contribution < 1.29 is 4.74 Å². The van der Waals surface area contributed by atoms with Crippen LogP contribution in [0.15, 0.2) is 24.3 Å². The maximum atomic E-state index is 9.08. The first-order valence-electron chi connectivity index (χ1n) is 8.85. The fraction of sp³-hybridized carbons (Fsp3) is 0.526. The summed E-state index contributed by atoms with van der Waals surface area (Å²) >= 11 is 0. The number of aromatic nitrogens is 3. The Bertz CT molecular complexity index is 681. The van der Waals surface area contributed by atoms with E-state index >= 15 is 0 Å². The molecule has 24 heavy (non-hydrogen) atoms. The maximum Gasteiger partial charge on any atom is 0.163 e. The first-order valence-corrected chi connectivity index (χ1v) is 8.85. The molecule has 1 aliphatic carbocycles. The molecule has 5 nitrogen and oxygen atoms in total. The molecular formula is C19H24N4O. The molecule has 1 aromatic heterocycles. The average molecular weight is 324 g/mol. The Labute approximate surface area is 143 Å². The average Bonchev–Trinajstić information content (AvgIpc) is 3.05. The molecule has 3 rings (SSSR count). The predicted octanol–water partition coefficient (Wildman–Crippen LogP) is 4.22. The van der Waals surface area contributed by atoms with Crippen LogP contribution >= 0.6 is 0 Å². The van der Waals surface area contributed by atoms with Crippen LogP contribution in [0.25, 0.3) is 11.3 Å². The predicted molar refractivity (Wildman–Crippen MR) is 92.0 cm³/mol. The lowest BCUT2D eigenvalue weighted by Gasteiger charge is -2.19. The van der Waals surface area contributed by atoms with Crippen LogP contribution in [0.2, 0.25) is 0 Å². The lowest BCUT2D eigenvalue weighted by molar-refractivity contribution is 0.0777. The lowest BCUT2D eigenvalue weighted by Crippen LogP contribution is -2.11. The molecule has 0 radical (unpaired) electrons. The summed E-state index contributed by atoms with van der Waals surface area (Å²) in [4.78, 5) is 0. The third-order valence-corrected chi connectivity index (χ3v) is 4.71. The maximum absolute atomic E-state index is 9.08. The Morgan fingerprint density at radius 2 is 1.96 bits per heavy atom. The SMILES string of the molecule is N#Cc1[nH]nnc1-c1cccc(COCC2CCCCCCC2)c1. The Kier molecular flexibility index (Phi) is 5.97. The number of nitrogens with one attached hydrogen (secondary N) is 1. The number of nitriles is 1. The van der Waals surface area contributed by atoms with E-state index in [2.05, 4.69) is 21.5 Å². The zero-order valence-electron chi connectivity index (χ0n) is 14.0. The van der Waals surface area contributed by atoms with E-state index in [9.17, 15) is 0 Å². The minimum atomic E-state index is 0.391. The van der Waals surface area contributed by atoms with Gasteiger partial charge in [-0.15, -0.1) is 5.10 Å². The fourth-order valence-corrected chi connectivity index (χ4v) is 3.37. The highest BCUT2D eigenvalue weighted by Gasteiger charge is 2.12. The molecule has 126 valence electrons. The summed E-state index contributed by atoms with van der Waals surface area (Å²) in [7, 11) is 0. The number of benzene rings is 1. The molecule has 1 aliphatic rings. The number of nitrogens with zero attached hydrogens (tertiary/aromatic N) is 3. The molecule has 1 heterocycles. The van der Waals surface area contributed by atoms with E-state index in [4.69, 9.17) is 10.00 Å². The molecule has 0 aliphatic heterocycles. The van der Waals surface area contributed by atoms with Crippen molar-refractivity contribution in [3.63, 3.8) is 0 Å². The van der Waals surface area contributed by atoms with Gasteiger partial charge in [-0.05, 0) is 30.4 Å². The third-order valence-electron chi connectivity index (χ3n) is 4.71. The molecule has 0 atom stereocenters. The summed E-state index contributed by atoms with van der Waals surface area (Å²) in [6, 6.07) is 10.1. The molecule has 1 N–H and O–H groups in total. The van der Waals surface area contributed by atoms with Gasteiger partial charge in [0.05, 0.1) is 6.61 Å². The van der Waals surface area contributed by atoms with Gasteiger partial charge in [-0.2, -0.15) is 5.26 Å². The van der Waals surface area contributed by atoms with Crippen LogP contribution in [0.4, 0.5) is 0 Å². The lowest BCUT2D eigenvalue weighted by atomic mass is 9.92. The molecular weight excluding hydrogens is 300 g/mol. The van der Waals surface area contributed by atoms with Gasteiger partial charge in [-0.25, -0.2) is 5.10 Å². The Hall–Kier alpha value is -2.19. The molecule has 1 aromatic carbocycles. The van der Waals surface area contributed by atoms with Crippen molar-refractivity contribution >= 4 is 0 Å². The fourth-order valence-electron chi connectivity index (χ4n) is 3.37. The Morgan fingerprint density at radius 3 is 2.75 bits per heavy atom. The van der Waals surface area contributed by atoms with Crippen LogP contribution in [0.1, 0.15) is 56.2 Å². The standard InChI is InChI=1S/C19H24N4O/c20-12-18-19(22-23-21-18)17-10-6-9-16(11-17)14-24-13-15-7-4-2-1-3-5-8-15/h6,9-11,15H,1-5,7-8,13-14H2,(H,21,22,23). The van der Waals surface area contributed by atoms with E-state index < -0.39 is 0 Å². The first-order chi connectivity index (χ1) is 11.9. The van der Waals surface area contributed by atoms with E-state index in [0.717, 1.165) is 17.7 Å². The van der Waals surface area contributed by atoms with Crippen molar-refractivity contribution in [3.8, 4) is 17.3 Å². The highest BCUT2D eigenvalue weighted by atomic mass is 16.5. The van der Waals surface area contributed by atoms with Crippen LogP contribution in [0.5, 0.6) is 0 Å². The van der Waals surface area contributed by atoms with Gasteiger partial charge in [-0.3, -0.25) is 0 Å². The van der Waals surface area contributed by atoms with Crippen molar-refractivity contribution in [2.75, 3.05) is 6.61 Å². The number of rotatable bonds is 5. The summed E-state index contributed by atoms with van der Waals surface area (Å²) in [6.45, 7) is 1.45. The summed E-state index contributed by atoms with van der Waals surface area (Å²) < 4.78 is 5.98. The van der Waals surface area contributed by atoms with Crippen molar-refractivity contribution in [3.05, 3.63) is 35.5 Å². The smallest absolute Gasteiger partial charge is 0.163 e. The zero-order valence-corrected chi connectivity index (χ0v) is 14.0. The van der Waals surface area contributed by atoms with E-state index in [-0.39, 0.29) is 0 Å². The molecule has 1 saturated carbocycles. The second kappa shape index (κ2) is 8.60. The number of hydrogen-bond donors (Lipinski definition) is 1. The van der Waals surface area contributed by atoms with Gasteiger partial charge in [0.1, 0.15) is 11.8 Å². The van der Waals surface area contributed by atoms with Crippen molar-refractivity contribution in [1.29, 1.82) is 5.26 Å². The van der Waals surface area contributed by atoms with Gasteiger partial charge in [-0.1, -0.05) is 55.5 Å². The van der Waals surface area contributed by atoms with Gasteiger partial charge in [0.15, 0.2) is 5.69 Å². The number of hydrogen-bond acceptors (Lipinski definition) is 4. The van der Waals surface area contributed by atoms with Crippen molar-refractivity contribution in [2.45, 2.75) is 51.6 Å². The summed E-state index contributed by atoms with van der Waals surface area (Å²) in [6.07, 6.45) is 9.41. The van der Waals surface area contributed by atoms with E-state index in [1.165, 1.54) is 44.9 Å². The highest BCUT2D eigenvalue weighted by molar-refractivity contribution is 5.64. The number of aromatic amines is 1. The van der Waals surface area contributed by atoms with Crippen LogP contribution in [-0.4, -0.2) is 22.0 Å². The molecule has 0 saturated heterocycles. The molecule has 1 fully saturated rings. The quantitative estimate of drug-likeness (QED) is 0.893. The van der Waals surface area contributed by atoms with Crippen LogP contribution in [0, 0.1) is 17.2 Å². The highest BCUT2D eigenvalue weighted by Crippen LogP contribution is 2.24. The van der Waals surface area contributed by atoms with Gasteiger partial charge in [0.25, 0.3) is 0 Å². The monoisotopic (exact) mass is 324 g/mol. The second-order valence-corrected chi connectivity index (χ2v) is 6.57. The molecule has 0 spiro atoms. The normalized spacial score (nSPS) is 16.3. The topological polar surface area (TPSA) is 74.6 Å². The van der Waals surface area contributed by atoms with Gasteiger partial charge < -0.3 is 4.74 Å². The second-order valence-electron chi connectivity index (χ2n) is 6.57.